The first-order valence-electron chi connectivity index (χ1n) is 8.26. The third-order valence-corrected chi connectivity index (χ3v) is 3.14. The third kappa shape index (κ3) is 15.0. The molecular formula is C18H32O2. The number of carbonyl (C=O) groups is 1. The van der Waals surface area contributed by atoms with Crippen LogP contribution in [0, 0.1) is 0 Å². The van der Waals surface area contributed by atoms with Crippen LogP contribution in [0.5, 0.6) is 0 Å². The van der Waals surface area contributed by atoms with Crippen molar-refractivity contribution in [2.24, 2.45) is 0 Å². The highest BCUT2D eigenvalue weighted by Gasteiger charge is 1.99. The smallest absolute Gasteiger partial charge is 0.305 e. The van der Waals surface area contributed by atoms with Gasteiger partial charge in [0, 0.05) is 6.42 Å². The van der Waals surface area contributed by atoms with Crippen LogP contribution in [0.25, 0.3) is 0 Å². The zero-order chi connectivity index (χ0) is 14.9. The quantitative estimate of drug-likeness (QED) is 0.250. The van der Waals surface area contributed by atoms with Crippen molar-refractivity contribution in [3.05, 3.63) is 24.3 Å². The fraction of sp³-hybridized carbons (Fsp3) is 0.722. The molecule has 0 N–H and O–H groups in total. The molecule has 0 saturated heterocycles. The minimum absolute atomic E-state index is 0.0590. The normalized spacial score (nSPS) is 11.5. The molecule has 20 heavy (non-hydrogen) atoms. The van der Waals surface area contributed by atoms with E-state index in [-0.39, 0.29) is 5.97 Å². The van der Waals surface area contributed by atoms with Crippen molar-refractivity contribution in [1.29, 1.82) is 0 Å². The summed E-state index contributed by atoms with van der Waals surface area (Å²) < 4.78 is 4.89. The van der Waals surface area contributed by atoms with Crippen LogP contribution in [0.3, 0.4) is 0 Å². The summed E-state index contributed by atoms with van der Waals surface area (Å²) in [7, 11) is 0. The van der Waals surface area contributed by atoms with E-state index in [0.29, 0.717) is 13.0 Å². The Labute approximate surface area is 125 Å². The van der Waals surface area contributed by atoms with Crippen LogP contribution < -0.4 is 0 Å². The predicted molar refractivity (Wildman–Crippen MR) is 86.8 cm³/mol. The van der Waals surface area contributed by atoms with Gasteiger partial charge in [0.05, 0.1) is 6.61 Å². The first-order valence-corrected chi connectivity index (χ1v) is 8.26. The molecule has 0 heterocycles. The molecule has 2 heteroatoms. The van der Waals surface area contributed by atoms with Gasteiger partial charge in [0.2, 0.25) is 0 Å². The fourth-order valence-electron chi connectivity index (χ4n) is 1.96. The Bertz CT molecular complexity index is 267. The van der Waals surface area contributed by atoms with E-state index in [0.717, 1.165) is 32.1 Å². The number of hydrogen-bond acceptors (Lipinski definition) is 2. The monoisotopic (exact) mass is 280 g/mol. The van der Waals surface area contributed by atoms with E-state index in [1.165, 1.54) is 25.7 Å². The van der Waals surface area contributed by atoms with E-state index in [1.54, 1.807) is 0 Å². The molecule has 116 valence electrons. The van der Waals surface area contributed by atoms with Gasteiger partial charge in [-0.15, -0.1) is 0 Å². The van der Waals surface area contributed by atoms with Gasteiger partial charge in [-0.3, -0.25) is 4.79 Å². The summed E-state index contributed by atoms with van der Waals surface area (Å²) >= 11 is 0. The molecule has 0 aliphatic heterocycles. The molecule has 0 rings (SSSR count). The van der Waals surface area contributed by atoms with Crippen LogP contribution in [-0.2, 0) is 9.53 Å². The SMILES string of the molecule is CCCCC/C=C\C/C=C\CCCCCC(=O)OCC. The Balaban J connectivity index is 3.25. The van der Waals surface area contributed by atoms with Gasteiger partial charge in [0.25, 0.3) is 0 Å². The Morgan fingerprint density at radius 1 is 0.850 bits per heavy atom. The lowest BCUT2D eigenvalue weighted by molar-refractivity contribution is -0.143. The van der Waals surface area contributed by atoms with Gasteiger partial charge in [-0.05, 0) is 45.4 Å². The highest BCUT2D eigenvalue weighted by molar-refractivity contribution is 5.69. The zero-order valence-corrected chi connectivity index (χ0v) is 13.4. The molecule has 0 spiro atoms. The maximum Gasteiger partial charge on any atom is 0.305 e. The summed E-state index contributed by atoms with van der Waals surface area (Å²) in [6.07, 6.45) is 20.2. The van der Waals surface area contributed by atoms with Crippen molar-refractivity contribution in [3.8, 4) is 0 Å². The maximum absolute atomic E-state index is 11.1. The van der Waals surface area contributed by atoms with Gasteiger partial charge >= 0.3 is 5.97 Å². The minimum Gasteiger partial charge on any atom is -0.466 e. The highest BCUT2D eigenvalue weighted by Crippen LogP contribution is 2.05. The van der Waals surface area contributed by atoms with Crippen molar-refractivity contribution in [3.63, 3.8) is 0 Å². The van der Waals surface area contributed by atoms with Crippen molar-refractivity contribution in [2.45, 2.75) is 78.1 Å². The van der Waals surface area contributed by atoms with Gasteiger partial charge in [0.15, 0.2) is 0 Å². The van der Waals surface area contributed by atoms with Gasteiger partial charge in [0.1, 0.15) is 0 Å². The molecule has 0 aliphatic rings. The second-order valence-corrected chi connectivity index (χ2v) is 5.08. The zero-order valence-electron chi connectivity index (χ0n) is 13.4. The van der Waals surface area contributed by atoms with Crippen molar-refractivity contribution in [1.82, 2.24) is 0 Å². The summed E-state index contributed by atoms with van der Waals surface area (Å²) in [6, 6.07) is 0. The largest absolute Gasteiger partial charge is 0.466 e. The Kier molecular flexibility index (Phi) is 15.2. The molecule has 0 aromatic heterocycles. The number of hydrogen-bond donors (Lipinski definition) is 0. The number of allylic oxidation sites excluding steroid dienone is 4. The number of rotatable bonds is 13. The molecule has 0 aromatic carbocycles. The first kappa shape index (κ1) is 18.9. The molecule has 0 bridgehead atoms. The second-order valence-electron chi connectivity index (χ2n) is 5.08. The number of carbonyl (C=O) groups excluding carboxylic acids is 1. The van der Waals surface area contributed by atoms with Crippen LogP contribution in [0.4, 0.5) is 0 Å². The van der Waals surface area contributed by atoms with Crippen LogP contribution in [0.1, 0.15) is 78.1 Å². The summed E-state index contributed by atoms with van der Waals surface area (Å²) in [4.78, 5) is 11.1. The van der Waals surface area contributed by atoms with Gasteiger partial charge < -0.3 is 4.74 Å². The highest BCUT2D eigenvalue weighted by atomic mass is 16.5. The van der Waals surface area contributed by atoms with E-state index in [1.807, 2.05) is 6.92 Å². The Morgan fingerprint density at radius 2 is 1.50 bits per heavy atom. The van der Waals surface area contributed by atoms with Gasteiger partial charge in [-0.1, -0.05) is 50.5 Å². The molecule has 0 atom stereocenters. The number of ether oxygens (including phenoxy) is 1. The van der Waals surface area contributed by atoms with Crippen LogP contribution >= 0.6 is 0 Å². The van der Waals surface area contributed by atoms with Crippen molar-refractivity contribution < 1.29 is 9.53 Å². The summed E-state index contributed by atoms with van der Waals surface area (Å²) in [6.45, 7) is 4.58. The van der Waals surface area contributed by atoms with Crippen LogP contribution in [-0.4, -0.2) is 12.6 Å². The Hall–Kier alpha value is -1.05. The molecule has 0 amide bonds. The molecule has 0 radical (unpaired) electrons. The standard InChI is InChI=1S/C18H32O2/c1-3-5-6-7-8-9-10-11-12-13-14-15-16-17-18(19)20-4-2/h8-9,11-12H,3-7,10,13-17H2,1-2H3/b9-8-,12-11-. The average Bonchev–Trinajstić information content (AvgIpc) is 2.44. The third-order valence-electron chi connectivity index (χ3n) is 3.14. The molecule has 0 aromatic rings. The number of esters is 1. The second kappa shape index (κ2) is 16.0. The van der Waals surface area contributed by atoms with E-state index < -0.39 is 0 Å². The first-order chi connectivity index (χ1) is 9.81. The van der Waals surface area contributed by atoms with Crippen LogP contribution in [0.2, 0.25) is 0 Å². The van der Waals surface area contributed by atoms with Gasteiger partial charge in [-0.2, -0.15) is 0 Å². The van der Waals surface area contributed by atoms with Crippen LogP contribution in [0.15, 0.2) is 24.3 Å². The fourth-order valence-corrected chi connectivity index (χ4v) is 1.96. The lowest BCUT2D eigenvalue weighted by Gasteiger charge is -2.00. The molecule has 0 unspecified atom stereocenters. The van der Waals surface area contributed by atoms with E-state index in [4.69, 9.17) is 4.74 Å². The Morgan fingerprint density at radius 3 is 2.10 bits per heavy atom. The van der Waals surface area contributed by atoms with Crippen molar-refractivity contribution in [2.75, 3.05) is 6.61 Å². The lowest BCUT2D eigenvalue weighted by atomic mass is 10.1. The van der Waals surface area contributed by atoms with Gasteiger partial charge in [-0.25, -0.2) is 0 Å². The predicted octanol–water partition coefficient (Wildman–Crippen LogP) is 5.58. The number of unbranched alkanes of at least 4 members (excludes halogenated alkanes) is 6. The summed E-state index contributed by atoms with van der Waals surface area (Å²) in [5.41, 5.74) is 0. The molecular weight excluding hydrogens is 248 g/mol. The van der Waals surface area contributed by atoms with E-state index >= 15 is 0 Å². The maximum atomic E-state index is 11.1. The molecule has 0 aliphatic carbocycles. The lowest BCUT2D eigenvalue weighted by Crippen LogP contribution is -2.02. The van der Waals surface area contributed by atoms with E-state index in [2.05, 4.69) is 31.2 Å². The van der Waals surface area contributed by atoms with Crippen molar-refractivity contribution >= 4 is 5.97 Å². The summed E-state index contributed by atoms with van der Waals surface area (Å²) in [5, 5.41) is 0. The average molecular weight is 280 g/mol. The topological polar surface area (TPSA) is 26.3 Å². The molecule has 2 nitrogen and oxygen atoms in total. The molecule has 0 fully saturated rings. The minimum atomic E-state index is -0.0590. The molecule has 0 saturated carbocycles. The van der Waals surface area contributed by atoms with E-state index in [9.17, 15) is 4.79 Å². The summed E-state index contributed by atoms with van der Waals surface area (Å²) in [5.74, 6) is -0.0590.